The van der Waals surface area contributed by atoms with Crippen LogP contribution in [0.1, 0.15) is 77.3 Å². The number of carbonyl (C=O) groups excluding carboxylic acids is 3. The number of esters is 1. The van der Waals surface area contributed by atoms with Gasteiger partial charge in [0.25, 0.3) is 5.91 Å². The third kappa shape index (κ3) is 11.7. The molecule has 3 rings (SSSR count). The van der Waals surface area contributed by atoms with Gasteiger partial charge in [0.2, 0.25) is 6.29 Å². The summed E-state index contributed by atoms with van der Waals surface area (Å²) in [7, 11) is 2.92. The number of rotatable bonds is 12. The molecule has 0 spiro atoms. The number of hydroxylamine groups is 2. The highest BCUT2D eigenvalue weighted by molar-refractivity contribution is 6.00. The Bertz CT molecular complexity index is 1460. The standard InChI is InChI=1S/C30H39N9O7/c1-20(45-30(42)46-25-13-5-4-6-14-25)44-29(41)24-12-8-10-22(16-24)19-34-38-27(36-32)17-26(35-31)37-33-18-21-9-7-11-23(15-21)28(40)39(2)43-3/h7-12,15-16,20,25H,4-6,13-14,17-19,31-32H2,1-3H3/p+1/b35-26-,36-27-,37-33?,38-34?. The van der Waals surface area contributed by atoms with Gasteiger partial charge >= 0.3 is 18.0 Å². The Morgan fingerprint density at radius 1 is 0.957 bits per heavy atom. The van der Waals surface area contributed by atoms with Crippen molar-refractivity contribution in [2.75, 3.05) is 14.2 Å². The number of nitrogens with two attached hydrogens (primary N) is 2. The lowest BCUT2D eigenvalue weighted by Crippen LogP contribution is -2.80. The van der Waals surface area contributed by atoms with Gasteiger partial charge in [-0.05, 0) is 61.1 Å². The van der Waals surface area contributed by atoms with Crippen LogP contribution in [0, 0.1) is 0 Å². The number of nitrogens with zero attached hydrogens (tertiary/aromatic N) is 6. The Labute approximate surface area is 266 Å². The summed E-state index contributed by atoms with van der Waals surface area (Å²) in [5, 5.41) is 23.5. The van der Waals surface area contributed by atoms with Crippen molar-refractivity contribution < 1.29 is 38.5 Å². The molecule has 0 saturated heterocycles. The zero-order valence-corrected chi connectivity index (χ0v) is 26.1. The van der Waals surface area contributed by atoms with Crippen LogP contribution in [0.4, 0.5) is 4.79 Å². The molecule has 0 bridgehead atoms. The number of hydrazine groups is 1. The van der Waals surface area contributed by atoms with Gasteiger partial charge in [-0.25, -0.2) is 14.7 Å². The van der Waals surface area contributed by atoms with Gasteiger partial charge in [-0.3, -0.25) is 15.5 Å². The molecule has 46 heavy (non-hydrogen) atoms. The summed E-state index contributed by atoms with van der Waals surface area (Å²) in [6, 6.07) is 13.4. The average Bonchev–Trinajstić information content (AvgIpc) is 3.06. The molecule has 246 valence electrons. The molecule has 1 aliphatic rings. The number of carbonyl (C=O) groups is 3. The van der Waals surface area contributed by atoms with Crippen LogP contribution in [0.3, 0.4) is 0 Å². The number of hydrogen-bond acceptors (Lipinski definition) is 12. The SMILES string of the molecule is CON(C)C(=O)c1cccc(CN=N/C(C/C(N=NCc2cccc(C(=O)OC(C)OC(=O)OC3CCCCC3)c2)=N/N)=[NH+]\N)c1. The van der Waals surface area contributed by atoms with Gasteiger partial charge < -0.3 is 20.1 Å². The van der Waals surface area contributed by atoms with Gasteiger partial charge in [0.05, 0.1) is 24.3 Å². The summed E-state index contributed by atoms with van der Waals surface area (Å²) in [6.07, 6.45) is 2.58. The van der Waals surface area contributed by atoms with E-state index in [0.29, 0.717) is 11.1 Å². The van der Waals surface area contributed by atoms with Gasteiger partial charge in [0.1, 0.15) is 19.1 Å². The largest absolute Gasteiger partial charge is 0.511 e. The second-order valence-corrected chi connectivity index (χ2v) is 10.2. The first-order valence-electron chi connectivity index (χ1n) is 14.6. The molecule has 1 fully saturated rings. The van der Waals surface area contributed by atoms with Crippen LogP contribution in [0.5, 0.6) is 0 Å². The van der Waals surface area contributed by atoms with E-state index < -0.39 is 18.4 Å². The number of nitrogens with one attached hydrogen (secondary N) is 1. The number of amidine groups is 2. The second-order valence-electron chi connectivity index (χ2n) is 10.2. The molecule has 16 nitrogen and oxygen atoms in total. The van der Waals surface area contributed by atoms with Crippen molar-refractivity contribution in [1.82, 2.24) is 5.06 Å². The smallest absolute Gasteiger partial charge is 0.431 e. The van der Waals surface area contributed by atoms with Crippen molar-refractivity contribution in [3.05, 3.63) is 70.8 Å². The van der Waals surface area contributed by atoms with Crippen molar-refractivity contribution in [1.29, 1.82) is 0 Å². The Balaban J connectivity index is 1.49. The molecule has 5 N–H and O–H groups in total. The molecule has 1 saturated carbocycles. The zero-order chi connectivity index (χ0) is 33.3. The van der Waals surface area contributed by atoms with E-state index in [4.69, 9.17) is 30.7 Å². The molecule has 0 aromatic heterocycles. The molecular weight excluding hydrogens is 598 g/mol. The molecule has 1 amide bonds. The van der Waals surface area contributed by atoms with E-state index in [9.17, 15) is 14.4 Å². The summed E-state index contributed by atoms with van der Waals surface area (Å²) in [4.78, 5) is 41.9. The fraction of sp³-hybridized carbons (Fsp3) is 0.433. The molecule has 16 heteroatoms. The van der Waals surface area contributed by atoms with Gasteiger partial charge in [0, 0.05) is 19.5 Å². The molecule has 2 aromatic rings. The summed E-state index contributed by atoms with van der Waals surface area (Å²) in [6.45, 7) is 1.71. The van der Waals surface area contributed by atoms with Crippen LogP contribution in [-0.4, -0.2) is 61.3 Å². The monoisotopic (exact) mass is 638 g/mol. The highest BCUT2D eigenvalue weighted by atomic mass is 16.8. The minimum Gasteiger partial charge on any atom is -0.431 e. The minimum absolute atomic E-state index is 0.00456. The number of amides is 1. The highest BCUT2D eigenvalue weighted by Gasteiger charge is 2.22. The van der Waals surface area contributed by atoms with Crippen LogP contribution in [0.25, 0.3) is 0 Å². The lowest BCUT2D eigenvalue weighted by molar-refractivity contribution is -0.471. The van der Waals surface area contributed by atoms with Gasteiger partial charge in [-0.15, -0.1) is 5.11 Å². The van der Waals surface area contributed by atoms with Crippen molar-refractivity contribution in [3.63, 3.8) is 0 Å². The van der Waals surface area contributed by atoms with Crippen molar-refractivity contribution in [3.8, 4) is 0 Å². The van der Waals surface area contributed by atoms with E-state index in [1.807, 2.05) is 0 Å². The number of benzene rings is 2. The molecule has 1 unspecified atom stereocenters. The van der Waals surface area contributed by atoms with Crippen LogP contribution in [0.2, 0.25) is 0 Å². The molecule has 2 aromatic carbocycles. The Kier molecular flexibility index (Phi) is 14.2. The van der Waals surface area contributed by atoms with Gasteiger partial charge in [0.15, 0.2) is 5.84 Å². The van der Waals surface area contributed by atoms with Crippen molar-refractivity contribution >= 4 is 29.7 Å². The normalized spacial score (nSPS) is 15.1. The predicted octanol–water partition coefficient (Wildman–Crippen LogP) is 2.93. The summed E-state index contributed by atoms with van der Waals surface area (Å²) < 4.78 is 15.6. The number of azo groups is 2. The Morgan fingerprint density at radius 3 is 2.22 bits per heavy atom. The van der Waals surface area contributed by atoms with Gasteiger partial charge in [-0.2, -0.15) is 15.3 Å². The lowest BCUT2D eigenvalue weighted by Gasteiger charge is -2.22. The molecule has 0 heterocycles. The van der Waals surface area contributed by atoms with E-state index in [-0.39, 0.29) is 48.8 Å². The van der Waals surface area contributed by atoms with Crippen LogP contribution < -0.4 is 16.8 Å². The first-order valence-corrected chi connectivity index (χ1v) is 14.6. The maximum absolute atomic E-state index is 12.6. The van der Waals surface area contributed by atoms with Crippen LogP contribution >= 0.6 is 0 Å². The third-order valence-corrected chi connectivity index (χ3v) is 6.77. The number of hydrogen-bond donors (Lipinski definition) is 3. The maximum Gasteiger partial charge on any atom is 0.511 e. The molecule has 0 aliphatic heterocycles. The Hall–Kier alpha value is -5.25. The van der Waals surface area contributed by atoms with Crippen LogP contribution in [-0.2, 0) is 32.1 Å². The Morgan fingerprint density at radius 2 is 1.59 bits per heavy atom. The fourth-order valence-electron chi connectivity index (χ4n) is 4.36. The number of ether oxygens (including phenoxy) is 3. The minimum atomic E-state index is -1.13. The van der Waals surface area contributed by atoms with E-state index in [0.717, 1.165) is 42.7 Å². The average molecular weight is 639 g/mol. The van der Waals surface area contributed by atoms with Gasteiger partial charge in [-0.1, -0.05) is 35.8 Å². The van der Waals surface area contributed by atoms with Crippen molar-refractivity contribution in [2.45, 2.75) is 70.9 Å². The second kappa shape index (κ2) is 18.5. The summed E-state index contributed by atoms with van der Waals surface area (Å²) in [5.74, 6) is 10.4. The molecule has 1 aliphatic carbocycles. The predicted molar refractivity (Wildman–Crippen MR) is 165 cm³/mol. The summed E-state index contributed by atoms with van der Waals surface area (Å²) >= 11 is 0. The molecule has 1 atom stereocenters. The first kappa shape index (κ1) is 35.2. The quantitative estimate of drug-likeness (QED) is 0.0591. The maximum atomic E-state index is 12.6. The topological polar surface area (TPSA) is 219 Å². The third-order valence-electron chi connectivity index (χ3n) is 6.77. The highest BCUT2D eigenvalue weighted by Crippen LogP contribution is 2.21. The molecule has 0 radical (unpaired) electrons. The van der Waals surface area contributed by atoms with E-state index >= 15 is 0 Å². The van der Waals surface area contributed by atoms with Crippen molar-refractivity contribution in [2.24, 2.45) is 37.2 Å². The fourth-order valence-corrected chi connectivity index (χ4v) is 4.36. The number of hydrazone groups is 2. The van der Waals surface area contributed by atoms with E-state index in [1.165, 1.54) is 21.1 Å². The zero-order valence-electron chi connectivity index (χ0n) is 26.1. The van der Waals surface area contributed by atoms with E-state index in [1.54, 1.807) is 48.5 Å². The first-order chi connectivity index (χ1) is 22.2. The summed E-state index contributed by atoms with van der Waals surface area (Å²) in [5.41, 5.74) is 2.07. The lowest BCUT2D eigenvalue weighted by atomic mass is 9.98. The van der Waals surface area contributed by atoms with Crippen LogP contribution in [0.15, 0.2) is 74.1 Å². The van der Waals surface area contributed by atoms with E-state index in [2.05, 4.69) is 30.7 Å². The molecular formula is C30H40N9O7+.